The number of nitrogens with one attached hydrogen (secondary N) is 1. The van der Waals surface area contributed by atoms with Crippen molar-refractivity contribution in [2.75, 3.05) is 52.7 Å². The van der Waals surface area contributed by atoms with Crippen molar-refractivity contribution in [2.24, 2.45) is 0 Å². The van der Waals surface area contributed by atoms with Crippen LogP contribution in [0.15, 0.2) is 0 Å². The van der Waals surface area contributed by atoms with Crippen LogP contribution < -0.4 is 5.32 Å². The number of ether oxygens (including phenoxy) is 3. The molecule has 3 aliphatic rings. The first-order valence-corrected chi connectivity index (χ1v) is 6.17. The molecule has 7 heteroatoms. The van der Waals surface area contributed by atoms with E-state index in [0.29, 0.717) is 12.2 Å². The maximum atomic E-state index is 8.17. The molecule has 0 saturated carbocycles. The fraction of sp³-hybridized carbons (Fsp3) is 1.00. The minimum atomic E-state index is -0.954. The Morgan fingerprint density at radius 3 is 1.61 bits per heavy atom. The summed E-state index contributed by atoms with van der Waals surface area (Å²) in [4.78, 5) is 0. The van der Waals surface area contributed by atoms with E-state index in [1.54, 1.807) is 0 Å². The van der Waals surface area contributed by atoms with Gasteiger partial charge in [0.25, 0.3) is 0 Å². The molecule has 2 unspecified atom stereocenters. The summed E-state index contributed by atoms with van der Waals surface area (Å²) in [7, 11) is 0. The molecular formula is C11H23NO6. The van der Waals surface area contributed by atoms with Crippen molar-refractivity contribution in [3.8, 4) is 0 Å². The lowest BCUT2D eigenvalue weighted by Crippen LogP contribution is -2.15. The fourth-order valence-electron chi connectivity index (χ4n) is 0.717. The predicted molar refractivity (Wildman–Crippen MR) is 63.3 cm³/mol. The number of rotatable bonds is 6. The largest absolute Gasteiger partial charge is 0.394 e. The van der Waals surface area contributed by atoms with Crippen LogP contribution in [0.1, 0.15) is 0 Å². The van der Waals surface area contributed by atoms with Crippen LogP contribution in [0.3, 0.4) is 0 Å². The molecule has 3 aliphatic heterocycles. The van der Waals surface area contributed by atoms with Crippen molar-refractivity contribution in [3.05, 3.63) is 0 Å². The Balaban J connectivity index is 0.000000155. The van der Waals surface area contributed by atoms with Gasteiger partial charge in [-0.2, -0.15) is 0 Å². The number of epoxide rings is 2. The van der Waals surface area contributed by atoms with Gasteiger partial charge in [0, 0.05) is 13.1 Å². The lowest BCUT2D eigenvalue weighted by molar-refractivity contribution is 0.0450. The molecule has 0 aliphatic carbocycles. The first-order valence-electron chi connectivity index (χ1n) is 6.17. The molecule has 108 valence electrons. The zero-order valence-corrected chi connectivity index (χ0v) is 10.5. The van der Waals surface area contributed by atoms with Crippen molar-refractivity contribution in [1.82, 2.24) is 5.32 Å². The van der Waals surface area contributed by atoms with Crippen LogP contribution in [0.2, 0.25) is 0 Å². The highest BCUT2D eigenvalue weighted by molar-refractivity contribution is 4.71. The molecule has 3 rings (SSSR count). The molecular weight excluding hydrogens is 242 g/mol. The van der Waals surface area contributed by atoms with Crippen LogP contribution in [0.5, 0.6) is 0 Å². The Labute approximate surface area is 107 Å². The van der Waals surface area contributed by atoms with Gasteiger partial charge in [-0.15, -0.1) is 0 Å². The third-order valence-electron chi connectivity index (χ3n) is 2.08. The Morgan fingerprint density at radius 2 is 1.44 bits per heavy atom. The molecule has 3 heterocycles. The second-order valence-electron chi connectivity index (χ2n) is 4.22. The van der Waals surface area contributed by atoms with Crippen molar-refractivity contribution >= 4 is 0 Å². The fourth-order valence-corrected chi connectivity index (χ4v) is 0.717. The Hall–Kier alpha value is -0.280. The maximum Gasteiger partial charge on any atom is 0.104 e. The van der Waals surface area contributed by atoms with E-state index < -0.39 is 6.10 Å². The van der Waals surface area contributed by atoms with Gasteiger partial charge in [0.1, 0.15) is 18.3 Å². The van der Waals surface area contributed by atoms with E-state index >= 15 is 0 Å². The van der Waals surface area contributed by atoms with E-state index in [0.717, 1.165) is 26.4 Å². The molecule has 4 N–H and O–H groups in total. The number of hydrogen-bond donors (Lipinski definition) is 4. The smallest absolute Gasteiger partial charge is 0.104 e. The molecule has 18 heavy (non-hydrogen) atoms. The normalized spacial score (nSPS) is 26.7. The first-order chi connectivity index (χ1) is 8.76. The SMILES string of the molecule is C(OCC1CO1)C1CO1.C1CN1.OCC(O)CO. The van der Waals surface area contributed by atoms with E-state index in [9.17, 15) is 0 Å². The van der Waals surface area contributed by atoms with Crippen molar-refractivity contribution in [2.45, 2.75) is 18.3 Å². The van der Waals surface area contributed by atoms with Crippen LogP contribution in [-0.4, -0.2) is 86.4 Å². The van der Waals surface area contributed by atoms with E-state index in [2.05, 4.69) is 5.32 Å². The average molecular weight is 265 g/mol. The molecule has 7 nitrogen and oxygen atoms in total. The molecule has 0 aromatic carbocycles. The molecule has 0 spiro atoms. The van der Waals surface area contributed by atoms with E-state index in [1.165, 1.54) is 13.1 Å². The maximum absolute atomic E-state index is 8.17. The van der Waals surface area contributed by atoms with Gasteiger partial charge < -0.3 is 34.8 Å². The van der Waals surface area contributed by atoms with E-state index in [4.69, 9.17) is 29.5 Å². The summed E-state index contributed by atoms with van der Waals surface area (Å²) < 4.78 is 15.1. The van der Waals surface area contributed by atoms with E-state index in [1.807, 2.05) is 0 Å². The lowest BCUT2D eigenvalue weighted by atomic mass is 10.4. The van der Waals surface area contributed by atoms with Crippen molar-refractivity contribution < 1.29 is 29.5 Å². The van der Waals surface area contributed by atoms with Crippen molar-refractivity contribution in [3.63, 3.8) is 0 Å². The molecule has 0 aromatic heterocycles. The van der Waals surface area contributed by atoms with Gasteiger partial charge in [0.15, 0.2) is 0 Å². The topological polar surface area (TPSA) is 117 Å². The van der Waals surface area contributed by atoms with Crippen LogP contribution in [-0.2, 0) is 14.2 Å². The van der Waals surface area contributed by atoms with Gasteiger partial charge in [-0.1, -0.05) is 0 Å². The summed E-state index contributed by atoms with van der Waals surface area (Å²) in [5.74, 6) is 0. The van der Waals surface area contributed by atoms with Crippen molar-refractivity contribution in [1.29, 1.82) is 0 Å². The molecule has 0 amide bonds. The van der Waals surface area contributed by atoms with Gasteiger partial charge in [-0.05, 0) is 0 Å². The minimum absolute atomic E-state index is 0.365. The summed E-state index contributed by atoms with van der Waals surface area (Å²) in [5.41, 5.74) is 0. The predicted octanol–water partition coefficient (Wildman–Crippen LogP) is -2.28. The second-order valence-corrected chi connectivity index (χ2v) is 4.22. The van der Waals surface area contributed by atoms with Gasteiger partial charge in [-0.25, -0.2) is 0 Å². The highest BCUT2D eigenvalue weighted by atomic mass is 16.6. The molecule has 3 fully saturated rings. The van der Waals surface area contributed by atoms with Crippen LogP contribution in [0.25, 0.3) is 0 Å². The second kappa shape index (κ2) is 9.62. The average Bonchev–Trinajstić information content (AvgIpc) is 3.19. The standard InChI is InChI=1S/C6H10O3.C3H8O3.C2H5N/c1(5-3-8-5)7-2-6-4-9-6;4-1-3(6)2-5;1-2-3-1/h5-6H,1-4H2;3-6H,1-2H2;3H,1-2H2. The highest BCUT2D eigenvalue weighted by Crippen LogP contribution is 2.12. The zero-order chi connectivity index (χ0) is 13.2. The van der Waals surface area contributed by atoms with Gasteiger partial charge in [0.2, 0.25) is 0 Å². The quantitative estimate of drug-likeness (QED) is 0.400. The summed E-state index contributed by atoms with van der Waals surface area (Å²) in [6, 6.07) is 0. The van der Waals surface area contributed by atoms with Gasteiger partial charge >= 0.3 is 0 Å². The molecule has 2 atom stereocenters. The number of aliphatic hydroxyl groups excluding tert-OH is 3. The van der Waals surface area contributed by atoms with Crippen LogP contribution >= 0.6 is 0 Å². The first kappa shape index (κ1) is 15.8. The zero-order valence-electron chi connectivity index (χ0n) is 10.5. The summed E-state index contributed by atoms with van der Waals surface area (Å²) in [6.07, 6.45) is -0.169. The van der Waals surface area contributed by atoms with Gasteiger partial charge in [0.05, 0.1) is 39.6 Å². The monoisotopic (exact) mass is 265 g/mol. The number of aliphatic hydroxyl groups is 3. The van der Waals surface area contributed by atoms with Crippen LogP contribution in [0, 0.1) is 0 Å². The summed E-state index contributed by atoms with van der Waals surface area (Å²) in [5, 5.41) is 27.0. The number of hydrogen-bond acceptors (Lipinski definition) is 7. The minimum Gasteiger partial charge on any atom is -0.394 e. The highest BCUT2D eigenvalue weighted by Gasteiger charge is 2.26. The summed E-state index contributed by atoms with van der Waals surface area (Å²) >= 11 is 0. The molecule has 0 radical (unpaired) electrons. The molecule has 0 aromatic rings. The lowest BCUT2D eigenvalue weighted by Gasteiger charge is -1.96. The third-order valence-corrected chi connectivity index (χ3v) is 2.08. The Kier molecular flexibility index (Phi) is 8.44. The Morgan fingerprint density at radius 1 is 1.06 bits per heavy atom. The third kappa shape index (κ3) is 12.2. The van der Waals surface area contributed by atoms with Crippen LogP contribution in [0.4, 0.5) is 0 Å². The molecule has 0 bridgehead atoms. The van der Waals surface area contributed by atoms with E-state index in [-0.39, 0.29) is 13.2 Å². The van der Waals surface area contributed by atoms with Gasteiger partial charge in [-0.3, -0.25) is 0 Å². The summed E-state index contributed by atoms with van der Waals surface area (Å²) in [6.45, 7) is 5.03. The molecule has 3 saturated heterocycles. The Bertz CT molecular complexity index is 177.